The maximum Gasteiger partial charge on any atom is 0.343 e. The second-order valence-corrected chi connectivity index (χ2v) is 12.0. The van der Waals surface area contributed by atoms with Crippen LogP contribution in [-0.2, 0) is 19.8 Å². The molecule has 0 aliphatic carbocycles. The van der Waals surface area contributed by atoms with Crippen molar-refractivity contribution in [1.82, 2.24) is 5.32 Å². The number of anilines is 3. The van der Waals surface area contributed by atoms with Crippen molar-refractivity contribution in [3.05, 3.63) is 120 Å². The van der Waals surface area contributed by atoms with Crippen molar-refractivity contribution in [2.75, 3.05) is 34.8 Å². The van der Waals surface area contributed by atoms with Gasteiger partial charge in [0.15, 0.2) is 0 Å². The summed E-state index contributed by atoms with van der Waals surface area (Å²) in [6.07, 6.45) is 9.39. The number of nitrogens with one attached hydrogen (secondary N) is 1. The van der Waals surface area contributed by atoms with E-state index in [2.05, 4.69) is 24.1 Å². The Labute approximate surface area is 294 Å². The zero-order valence-electron chi connectivity index (χ0n) is 29.1. The number of carbonyl (C=O) groups is 4. The van der Waals surface area contributed by atoms with Gasteiger partial charge in [0.25, 0.3) is 11.8 Å². The minimum atomic E-state index is -0.723. The Bertz CT molecular complexity index is 1620. The van der Waals surface area contributed by atoms with Crippen LogP contribution in [0.4, 0.5) is 21.9 Å². The number of fused-ring (bicyclic) bond motifs is 1. The van der Waals surface area contributed by atoms with Crippen LogP contribution in [0, 0.1) is 0 Å². The number of benzene rings is 3. The first-order valence-corrected chi connectivity index (χ1v) is 17.2. The van der Waals surface area contributed by atoms with E-state index in [0.717, 1.165) is 69.5 Å². The van der Waals surface area contributed by atoms with Crippen LogP contribution in [-0.4, -0.2) is 48.8 Å². The van der Waals surface area contributed by atoms with E-state index in [1.165, 1.54) is 6.08 Å². The number of aldehydes is 1. The summed E-state index contributed by atoms with van der Waals surface area (Å²) in [4.78, 5) is 55.0. The van der Waals surface area contributed by atoms with Gasteiger partial charge >= 0.3 is 6.03 Å². The first-order chi connectivity index (χ1) is 23.7. The fourth-order valence-corrected chi connectivity index (χ4v) is 5.82. The Morgan fingerprint density at radius 2 is 1.37 bits per heavy atom. The van der Waals surface area contributed by atoms with E-state index in [0.29, 0.717) is 17.8 Å². The molecule has 0 aromatic heterocycles. The first kappa shape index (κ1) is 38.7. The number of hydrogen-bond donors (Lipinski definition) is 2. The summed E-state index contributed by atoms with van der Waals surface area (Å²) in [6, 6.07) is 22.4. The molecular weight excluding hydrogens is 637 g/mol. The lowest BCUT2D eigenvalue weighted by Crippen LogP contribution is -2.57. The molecule has 2 N–H and O–H groups in total. The third-order valence-electron chi connectivity index (χ3n) is 7.85. The molecule has 0 bridgehead atoms. The minimum absolute atomic E-state index is 0.119. The van der Waals surface area contributed by atoms with Crippen LogP contribution in [0.5, 0.6) is 0 Å². The lowest BCUT2D eigenvalue weighted by atomic mass is 9.83. The van der Waals surface area contributed by atoms with Crippen LogP contribution in [0.25, 0.3) is 0 Å². The van der Waals surface area contributed by atoms with E-state index in [4.69, 9.17) is 0 Å². The Balaban J connectivity index is 0.00000101. The number of nitrogens with zero attached hydrogens (tertiary/aromatic N) is 3. The molecule has 2 heterocycles. The molecule has 0 unspecified atom stereocenters. The van der Waals surface area contributed by atoms with E-state index < -0.39 is 17.8 Å². The molecule has 10 heteroatoms. The van der Waals surface area contributed by atoms with E-state index in [1.54, 1.807) is 66.7 Å². The highest BCUT2D eigenvalue weighted by Gasteiger charge is 2.43. The van der Waals surface area contributed by atoms with Crippen molar-refractivity contribution in [2.45, 2.75) is 57.8 Å². The summed E-state index contributed by atoms with van der Waals surface area (Å²) in [5.41, 5.74) is 3.55. The summed E-state index contributed by atoms with van der Waals surface area (Å²) in [6.45, 7) is 11.8. The van der Waals surface area contributed by atoms with Crippen molar-refractivity contribution in [1.29, 1.82) is 0 Å². The summed E-state index contributed by atoms with van der Waals surface area (Å²) in [7, 11) is 1.93. The number of carbonyl (C=O) groups excluding carboxylic acids is 4. The molecule has 0 saturated carbocycles. The van der Waals surface area contributed by atoms with Gasteiger partial charge in [-0.05, 0) is 80.2 Å². The normalized spacial score (nSPS) is 15.9. The molecule has 4 amide bonds. The summed E-state index contributed by atoms with van der Waals surface area (Å²) >= 11 is 0.729. The predicted octanol–water partition coefficient (Wildman–Crippen LogP) is 8.15. The Morgan fingerprint density at radius 1 is 0.837 bits per heavy atom. The van der Waals surface area contributed by atoms with Gasteiger partial charge in [0.2, 0.25) is 0 Å². The van der Waals surface area contributed by atoms with Gasteiger partial charge < -0.3 is 19.6 Å². The zero-order chi connectivity index (χ0) is 36.0. The number of amides is 4. The number of allylic oxidation sites excluding steroid dienone is 5. The zero-order valence-corrected chi connectivity index (χ0v) is 29.9. The van der Waals surface area contributed by atoms with Gasteiger partial charge in [-0.3, -0.25) is 9.59 Å². The molecule has 0 atom stereocenters. The van der Waals surface area contributed by atoms with Crippen molar-refractivity contribution in [3.8, 4) is 0 Å². The molecule has 0 spiro atoms. The quantitative estimate of drug-likeness (QED) is 0.0725. The molecule has 1 saturated heterocycles. The van der Waals surface area contributed by atoms with Crippen LogP contribution in [0.2, 0.25) is 0 Å². The molecule has 258 valence electrons. The summed E-state index contributed by atoms with van der Waals surface area (Å²) < 4.78 is 9.66. The molecule has 3 aromatic carbocycles. The molecule has 9 nitrogen and oxygen atoms in total. The largest absolute Gasteiger partial charge is 0.344 e. The molecule has 0 radical (unpaired) electrons. The first-order valence-electron chi connectivity index (χ1n) is 16.4. The standard InChI is InChI=1S/C34H34N4O4S.C3H6O.C2H6/c1-34(2)28-23-26(43-42)19-20-29(28)36(22-12-21-35-3)30(34)18-11-10-17-27-31(39)37(24-13-6-4-7-14-24)33(41)38(32(27)40)25-15-8-5-9-16-25;1-2-3-4;1-2/h4-11,13-20,23,35,42H,12,21-22H2,1-3H3;3H,2H2,1H3;1-2H3/b11-10+,30-18+;;. The number of rotatable bonds is 10. The Hall–Kier alpha value is -4.77. The second-order valence-electron chi connectivity index (χ2n) is 11.3. The number of hydrogen-bond acceptors (Lipinski definition) is 8. The molecule has 3 aromatic rings. The number of imide groups is 2. The monoisotopic (exact) mass is 682 g/mol. The highest BCUT2D eigenvalue weighted by atomic mass is 32.2. The molecule has 1 fully saturated rings. The number of barbiturate groups is 1. The van der Waals surface area contributed by atoms with Gasteiger partial charge in [-0.15, -0.1) is 0 Å². The van der Waals surface area contributed by atoms with Gasteiger partial charge in [-0.1, -0.05) is 83.2 Å². The van der Waals surface area contributed by atoms with E-state index in [9.17, 15) is 23.7 Å². The van der Waals surface area contributed by atoms with Crippen LogP contribution >= 0.6 is 12.0 Å². The van der Waals surface area contributed by atoms with Gasteiger partial charge in [-0.25, -0.2) is 14.6 Å². The average molecular weight is 683 g/mol. The predicted molar refractivity (Wildman–Crippen MR) is 200 cm³/mol. The Kier molecular flexibility index (Phi) is 14.8. The van der Waals surface area contributed by atoms with Gasteiger partial charge in [-0.2, -0.15) is 0 Å². The number of para-hydroxylation sites is 2. The lowest BCUT2D eigenvalue weighted by molar-refractivity contribution is -0.121. The van der Waals surface area contributed by atoms with Crippen molar-refractivity contribution < 1.29 is 23.7 Å². The highest BCUT2D eigenvalue weighted by Crippen LogP contribution is 2.48. The maximum atomic E-state index is 13.6. The maximum absolute atomic E-state index is 13.6. The van der Waals surface area contributed by atoms with Gasteiger partial charge in [0, 0.05) is 46.7 Å². The molecule has 49 heavy (non-hydrogen) atoms. The third kappa shape index (κ3) is 8.83. The SMILES string of the molecule is CC.CCC=O.CNCCCN1/C(=C/C=C/C=C2C(=O)N(c3ccccc3)C(=O)N(c3ccccc3)C2=O)C(C)(C)c2cc(SO)ccc21. The molecule has 2 aliphatic rings. The minimum Gasteiger partial charge on any atom is -0.344 e. The summed E-state index contributed by atoms with van der Waals surface area (Å²) in [5, 5.41) is 3.20. The fraction of sp³-hybridized carbons (Fsp3) is 0.282. The molecule has 5 rings (SSSR count). The van der Waals surface area contributed by atoms with Gasteiger partial charge in [0.05, 0.1) is 11.4 Å². The number of urea groups is 1. The molecule has 2 aliphatic heterocycles. The van der Waals surface area contributed by atoms with Crippen LogP contribution in [0.15, 0.2) is 119 Å². The molecular formula is C39H46N4O5S. The Morgan fingerprint density at radius 3 is 1.86 bits per heavy atom. The summed E-state index contributed by atoms with van der Waals surface area (Å²) in [5.74, 6) is -1.36. The fourth-order valence-electron chi connectivity index (χ4n) is 5.52. The van der Waals surface area contributed by atoms with Crippen LogP contribution in [0.1, 0.15) is 53.0 Å². The topological polar surface area (TPSA) is 110 Å². The third-order valence-corrected chi connectivity index (χ3v) is 8.32. The highest BCUT2D eigenvalue weighted by molar-refractivity contribution is 7.93. The van der Waals surface area contributed by atoms with E-state index >= 15 is 0 Å². The van der Waals surface area contributed by atoms with Crippen molar-refractivity contribution >= 4 is 53.2 Å². The van der Waals surface area contributed by atoms with E-state index in [1.807, 2.05) is 58.2 Å². The lowest BCUT2D eigenvalue weighted by Gasteiger charge is -2.33. The van der Waals surface area contributed by atoms with Crippen molar-refractivity contribution in [3.63, 3.8) is 0 Å². The van der Waals surface area contributed by atoms with Crippen molar-refractivity contribution in [2.24, 2.45) is 0 Å². The van der Waals surface area contributed by atoms with Crippen LogP contribution in [0.3, 0.4) is 0 Å². The van der Waals surface area contributed by atoms with Gasteiger partial charge in [0.1, 0.15) is 11.9 Å². The van der Waals surface area contributed by atoms with E-state index in [-0.39, 0.29) is 11.0 Å². The van der Waals surface area contributed by atoms with Crippen LogP contribution < -0.4 is 20.0 Å². The second kappa shape index (κ2) is 18.7. The average Bonchev–Trinajstić information content (AvgIpc) is 3.34. The smallest absolute Gasteiger partial charge is 0.343 e.